The number of benzene rings is 3. The highest BCUT2D eigenvalue weighted by Crippen LogP contribution is 2.47. The van der Waals surface area contributed by atoms with Crippen LogP contribution in [0.3, 0.4) is 0 Å². The molecule has 0 fully saturated rings. The first kappa shape index (κ1) is 25.2. The SMILES string of the molecule is COc1ccc([C@H]2C3=C(C[C@H](c4cccc(F)c4)CC3=O)Nc3ccccc3N2C(=O)CCC(=O)O)cc1. The van der Waals surface area contributed by atoms with Crippen LogP contribution in [0, 0.1) is 5.82 Å². The molecule has 7 nitrogen and oxygen atoms in total. The van der Waals surface area contributed by atoms with Gasteiger partial charge < -0.3 is 15.2 Å². The van der Waals surface area contributed by atoms with Gasteiger partial charge in [0.1, 0.15) is 11.6 Å². The van der Waals surface area contributed by atoms with Gasteiger partial charge >= 0.3 is 5.97 Å². The maximum Gasteiger partial charge on any atom is 0.303 e. The predicted octanol–water partition coefficient (Wildman–Crippen LogP) is 5.60. The van der Waals surface area contributed by atoms with Gasteiger partial charge in [0.05, 0.1) is 30.9 Å². The lowest BCUT2D eigenvalue weighted by Gasteiger charge is -2.35. The fourth-order valence-corrected chi connectivity index (χ4v) is 5.30. The molecule has 1 aliphatic carbocycles. The van der Waals surface area contributed by atoms with Crippen molar-refractivity contribution >= 4 is 29.0 Å². The lowest BCUT2D eigenvalue weighted by molar-refractivity contribution is -0.138. The smallest absolute Gasteiger partial charge is 0.303 e. The normalized spacial score (nSPS) is 18.7. The molecule has 194 valence electrons. The first-order chi connectivity index (χ1) is 18.4. The molecular weight excluding hydrogens is 487 g/mol. The Bertz CT molecular complexity index is 1430. The van der Waals surface area contributed by atoms with Gasteiger partial charge in [0, 0.05) is 24.1 Å². The number of ether oxygens (including phenoxy) is 1. The number of rotatable bonds is 6. The average molecular weight is 515 g/mol. The summed E-state index contributed by atoms with van der Waals surface area (Å²) in [7, 11) is 1.56. The molecule has 0 spiro atoms. The summed E-state index contributed by atoms with van der Waals surface area (Å²) in [6.45, 7) is 0. The van der Waals surface area contributed by atoms with E-state index >= 15 is 0 Å². The molecule has 0 unspecified atom stereocenters. The van der Waals surface area contributed by atoms with Crippen molar-refractivity contribution in [3.05, 3.63) is 101 Å². The maximum absolute atomic E-state index is 14.0. The molecule has 0 saturated heterocycles. The Hall–Kier alpha value is -4.46. The zero-order valence-corrected chi connectivity index (χ0v) is 20.8. The van der Waals surface area contributed by atoms with Gasteiger partial charge in [-0.1, -0.05) is 36.4 Å². The molecule has 8 heteroatoms. The number of carboxylic acids is 1. The number of amides is 1. The molecule has 1 aliphatic heterocycles. The van der Waals surface area contributed by atoms with E-state index in [1.54, 1.807) is 37.4 Å². The van der Waals surface area contributed by atoms with Gasteiger partial charge in [0.2, 0.25) is 5.91 Å². The summed E-state index contributed by atoms with van der Waals surface area (Å²) >= 11 is 0. The number of nitrogens with one attached hydrogen (secondary N) is 1. The number of methoxy groups -OCH3 is 1. The summed E-state index contributed by atoms with van der Waals surface area (Å²) in [5.41, 5.74) is 3.72. The minimum Gasteiger partial charge on any atom is -0.497 e. The Morgan fingerprint density at radius 3 is 2.47 bits per heavy atom. The highest BCUT2D eigenvalue weighted by molar-refractivity contribution is 6.06. The number of carbonyl (C=O) groups is 3. The third kappa shape index (κ3) is 4.89. The van der Waals surface area contributed by atoms with Crippen LogP contribution in [-0.4, -0.2) is 29.9 Å². The summed E-state index contributed by atoms with van der Waals surface area (Å²) in [6.07, 6.45) is 0.0492. The number of aliphatic carboxylic acids is 1. The Kier molecular flexibility index (Phi) is 6.96. The molecule has 3 aromatic rings. The number of halogens is 1. The van der Waals surface area contributed by atoms with Crippen LogP contribution in [0.4, 0.5) is 15.8 Å². The number of nitrogens with zero attached hydrogens (tertiary/aromatic N) is 1. The zero-order valence-electron chi connectivity index (χ0n) is 20.8. The summed E-state index contributed by atoms with van der Waals surface area (Å²) in [4.78, 5) is 40.4. The van der Waals surface area contributed by atoms with Gasteiger partial charge in [-0.2, -0.15) is 0 Å². The summed E-state index contributed by atoms with van der Waals surface area (Å²) < 4.78 is 19.3. The van der Waals surface area contributed by atoms with Crippen LogP contribution in [0.15, 0.2) is 84.1 Å². The van der Waals surface area contributed by atoms with E-state index in [2.05, 4.69) is 5.32 Å². The first-order valence-corrected chi connectivity index (χ1v) is 12.4. The molecule has 0 saturated carbocycles. The number of anilines is 2. The number of ketones is 1. The fraction of sp³-hybridized carbons (Fsp3) is 0.233. The van der Waals surface area contributed by atoms with Crippen molar-refractivity contribution in [3.63, 3.8) is 0 Å². The van der Waals surface area contributed by atoms with Crippen molar-refractivity contribution < 1.29 is 28.6 Å². The van der Waals surface area contributed by atoms with Crippen molar-refractivity contribution in [2.75, 3.05) is 17.3 Å². The molecule has 0 radical (unpaired) electrons. The summed E-state index contributed by atoms with van der Waals surface area (Å²) in [5.74, 6) is -1.61. The predicted molar refractivity (Wildman–Crippen MR) is 141 cm³/mol. The second-order valence-electron chi connectivity index (χ2n) is 9.45. The molecule has 5 rings (SSSR count). The number of hydrogen-bond donors (Lipinski definition) is 2. The molecular formula is C30H27FN2O5. The van der Waals surface area contributed by atoms with Crippen molar-refractivity contribution in [3.8, 4) is 5.75 Å². The van der Waals surface area contributed by atoms with E-state index < -0.39 is 17.9 Å². The molecule has 2 aliphatic rings. The monoisotopic (exact) mass is 514 g/mol. The van der Waals surface area contributed by atoms with E-state index in [9.17, 15) is 23.9 Å². The Balaban J connectivity index is 1.68. The molecule has 3 aromatic carbocycles. The van der Waals surface area contributed by atoms with Gasteiger partial charge in [-0.25, -0.2) is 4.39 Å². The van der Waals surface area contributed by atoms with E-state index in [1.165, 1.54) is 17.0 Å². The number of carboxylic acid groups (broad SMARTS) is 1. The fourth-order valence-electron chi connectivity index (χ4n) is 5.30. The van der Waals surface area contributed by atoms with E-state index in [0.29, 0.717) is 40.4 Å². The molecule has 2 N–H and O–H groups in total. The Morgan fingerprint density at radius 2 is 1.76 bits per heavy atom. The van der Waals surface area contributed by atoms with E-state index in [0.717, 1.165) is 5.56 Å². The van der Waals surface area contributed by atoms with Crippen LogP contribution in [-0.2, 0) is 14.4 Å². The number of fused-ring (bicyclic) bond motifs is 1. The van der Waals surface area contributed by atoms with Crippen LogP contribution in [0.25, 0.3) is 0 Å². The number of hydrogen-bond acceptors (Lipinski definition) is 5. The van der Waals surface area contributed by atoms with Crippen molar-refractivity contribution in [2.24, 2.45) is 0 Å². The van der Waals surface area contributed by atoms with E-state index in [-0.39, 0.29) is 36.8 Å². The molecule has 38 heavy (non-hydrogen) atoms. The van der Waals surface area contributed by atoms with Crippen LogP contribution in [0.1, 0.15) is 48.8 Å². The maximum atomic E-state index is 14.0. The summed E-state index contributed by atoms with van der Waals surface area (Å²) in [6, 6.07) is 19.9. The number of Topliss-reactive ketones (excluding diaryl/α,β-unsaturated/α-hetero) is 1. The second-order valence-corrected chi connectivity index (χ2v) is 9.45. The molecule has 0 bridgehead atoms. The quantitative estimate of drug-likeness (QED) is 0.445. The largest absolute Gasteiger partial charge is 0.497 e. The topological polar surface area (TPSA) is 95.9 Å². The molecule has 2 atom stereocenters. The first-order valence-electron chi connectivity index (χ1n) is 12.4. The van der Waals surface area contributed by atoms with Crippen LogP contribution < -0.4 is 15.0 Å². The van der Waals surface area contributed by atoms with Crippen molar-refractivity contribution in [2.45, 2.75) is 37.6 Å². The van der Waals surface area contributed by atoms with Gasteiger partial charge in [0.15, 0.2) is 5.78 Å². The molecule has 1 amide bonds. The van der Waals surface area contributed by atoms with Crippen molar-refractivity contribution in [1.29, 1.82) is 0 Å². The lowest BCUT2D eigenvalue weighted by atomic mass is 9.78. The highest BCUT2D eigenvalue weighted by Gasteiger charge is 2.41. The van der Waals surface area contributed by atoms with E-state index in [1.807, 2.05) is 30.3 Å². The van der Waals surface area contributed by atoms with Gasteiger partial charge in [-0.15, -0.1) is 0 Å². The van der Waals surface area contributed by atoms with Crippen LogP contribution >= 0.6 is 0 Å². The summed E-state index contributed by atoms with van der Waals surface area (Å²) in [5, 5.41) is 12.7. The number of carbonyl (C=O) groups excluding carboxylic acids is 2. The van der Waals surface area contributed by atoms with Crippen LogP contribution in [0.2, 0.25) is 0 Å². The highest BCUT2D eigenvalue weighted by atomic mass is 19.1. The average Bonchev–Trinajstić information content (AvgIpc) is 3.06. The zero-order chi connectivity index (χ0) is 26.8. The third-order valence-electron chi connectivity index (χ3n) is 7.06. The second kappa shape index (κ2) is 10.5. The third-order valence-corrected chi connectivity index (χ3v) is 7.06. The number of allylic oxidation sites excluding steroid dienone is 1. The molecule has 0 aromatic heterocycles. The number of para-hydroxylation sites is 2. The standard InChI is InChI=1S/C30H27FN2O5/c1-38-22-11-9-18(10-12-22)30-29-24(16-20(17-26(29)34)19-5-4-6-21(31)15-19)32-23-7-2-3-8-25(23)33(30)27(35)13-14-28(36)37/h2-12,15,20,30,32H,13-14,16-17H2,1H3,(H,36,37)/t20-,30-/m0/s1. The van der Waals surface area contributed by atoms with Gasteiger partial charge in [-0.3, -0.25) is 19.3 Å². The molecule has 1 heterocycles. The lowest BCUT2D eigenvalue weighted by Crippen LogP contribution is -2.38. The Morgan fingerprint density at radius 1 is 1.00 bits per heavy atom. The minimum absolute atomic E-state index is 0.155. The van der Waals surface area contributed by atoms with E-state index in [4.69, 9.17) is 4.74 Å². The minimum atomic E-state index is -1.08. The Labute approximate surface area is 219 Å². The van der Waals surface area contributed by atoms with Crippen LogP contribution in [0.5, 0.6) is 5.75 Å². The van der Waals surface area contributed by atoms with Crippen molar-refractivity contribution in [1.82, 2.24) is 0 Å². The van der Waals surface area contributed by atoms with Gasteiger partial charge in [-0.05, 0) is 59.9 Å². The van der Waals surface area contributed by atoms with Gasteiger partial charge in [0.25, 0.3) is 0 Å².